The van der Waals surface area contributed by atoms with Gasteiger partial charge in [-0.1, -0.05) is 35.9 Å². The molecule has 0 N–H and O–H groups in total. The maximum absolute atomic E-state index is 15.4. The lowest BCUT2D eigenvalue weighted by Gasteiger charge is -2.41. The number of pyridine rings is 1. The number of methoxy groups -OCH3 is 1. The number of ether oxygens (including phenoxy) is 3. The van der Waals surface area contributed by atoms with Gasteiger partial charge in [-0.15, -0.1) is 0 Å². The number of anilines is 2. The summed E-state index contributed by atoms with van der Waals surface area (Å²) in [4.78, 5) is 37.9. The molecule has 7 rings (SSSR count). The van der Waals surface area contributed by atoms with Crippen LogP contribution in [-0.2, 0) is 11.2 Å². The summed E-state index contributed by atoms with van der Waals surface area (Å²) in [6, 6.07) is 12.4. The number of hydrogen-bond donors (Lipinski definition) is 0. The number of piperazine rings is 1. The number of benzene rings is 2. The molecule has 3 aliphatic heterocycles. The molecule has 11 heteroatoms. The van der Waals surface area contributed by atoms with Gasteiger partial charge in [0, 0.05) is 31.7 Å². The first kappa shape index (κ1) is 27.8. The first-order chi connectivity index (χ1) is 20.5. The summed E-state index contributed by atoms with van der Waals surface area (Å²) in [5, 5.41) is 0.0360. The largest absolute Gasteiger partial charge is 0.496 e. The van der Waals surface area contributed by atoms with Crippen LogP contribution in [0.25, 0.3) is 11.3 Å². The zero-order valence-corrected chi connectivity index (χ0v) is 25.2. The maximum atomic E-state index is 15.4. The Labute approximate surface area is 254 Å². The van der Waals surface area contributed by atoms with Crippen LogP contribution >= 0.6 is 11.6 Å². The standard InChI is InChI=1S/C32H32ClFN4O5/c1-31(2,3)43-30(40)36-14-15-38-29(39)24-27(42-22-16-32(22,38)17-36)25(33)26(23-19(34)9-7-11-21(23)41-4)35-28(24)37-13-12-18-8-5-6-10-20(18)37/h5-11,22H,12-17H2,1-4H3. The predicted molar refractivity (Wildman–Crippen MR) is 159 cm³/mol. The Balaban J connectivity index is 1.38. The van der Waals surface area contributed by atoms with Crippen molar-refractivity contribution in [3.8, 4) is 22.8 Å². The Morgan fingerprint density at radius 3 is 2.67 bits per heavy atom. The molecule has 1 aliphatic carbocycles. The Morgan fingerprint density at radius 2 is 1.91 bits per heavy atom. The molecule has 4 heterocycles. The summed E-state index contributed by atoms with van der Waals surface area (Å²) in [7, 11) is 1.45. The van der Waals surface area contributed by atoms with Gasteiger partial charge in [0.25, 0.3) is 5.91 Å². The predicted octanol–water partition coefficient (Wildman–Crippen LogP) is 5.84. The number of nitrogens with zero attached hydrogens (tertiary/aromatic N) is 4. The fraction of sp³-hybridized carbons (Fsp3) is 0.406. The topological polar surface area (TPSA) is 84.4 Å². The van der Waals surface area contributed by atoms with E-state index < -0.39 is 29.2 Å². The molecule has 0 radical (unpaired) electrons. The molecule has 1 saturated carbocycles. The number of para-hydroxylation sites is 1. The van der Waals surface area contributed by atoms with E-state index in [1.54, 1.807) is 21.9 Å². The fourth-order valence-corrected chi connectivity index (χ4v) is 6.80. The van der Waals surface area contributed by atoms with Crippen molar-refractivity contribution in [3.63, 3.8) is 0 Å². The molecule has 4 aliphatic rings. The number of hydrogen-bond acceptors (Lipinski definition) is 7. The van der Waals surface area contributed by atoms with E-state index >= 15 is 4.39 Å². The van der Waals surface area contributed by atoms with Gasteiger partial charge in [0.15, 0.2) is 11.6 Å². The second-order valence-electron chi connectivity index (χ2n) is 12.4. The highest BCUT2D eigenvalue weighted by Gasteiger charge is 2.67. The molecule has 3 aromatic rings. The van der Waals surface area contributed by atoms with Gasteiger partial charge < -0.3 is 28.9 Å². The van der Waals surface area contributed by atoms with Crippen LogP contribution in [0, 0.1) is 5.82 Å². The SMILES string of the molecule is COc1cccc(F)c1-c1nc(N2CCc3ccccc32)c2c(c1Cl)OC1CC13CN(C(=O)OC(C)(C)C)CCN3C2=O. The second kappa shape index (κ2) is 9.74. The Morgan fingerprint density at radius 1 is 1.12 bits per heavy atom. The average molecular weight is 607 g/mol. The van der Waals surface area contributed by atoms with Crippen LogP contribution in [0.1, 0.15) is 43.1 Å². The van der Waals surface area contributed by atoms with E-state index in [1.807, 2.05) is 49.9 Å². The molecule has 9 nitrogen and oxygen atoms in total. The van der Waals surface area contributed by atoms with E-state index in [0.717, 1.165) is 17.7 Å². The molecule has 0 bridgehead atoms. The van der Waals surface area contributed by atoms with Crippen LogP contribution in [0.5, 0.6) is 11.5 Å². The van der Waals surface area contributed by atoms with Crippen molar-refractivity contribution >= 4 is 35.1 Å². The number of amides is 2. The Kier molecular flexibility index (Phi) is 6.29. The first-order valence-electron chi connectivity index (χ1n) is 14.4. The highest BCUT2D eigenvalue weighted by atomic mass is 35.5. The normalized spacial score (nSPS) is 22.1. The number of carbonyl (C=O) groups is 2. The van der Waals surface area contributed by atoms with Crippen molar-refractivity contribution in [1.82, 2.24) is 14.8 Å². The van der Waals surface area contributed by atoms with Gasteiger partial charge in [-0.05, 0) is 51.0 Å². The molecule has 2 fully saturated rings. The van der Waals surface area contributed by atoms with Crippen LogP contribution in [0.2, 0.25) is 5.02 Å². The molecular weight excluding hydrogens is 575 g/mol. The summed E-state index contributed by atoms with van der Waals surface area (Å²) < 4.78 is 33.2. The first-order valence-corrected chi connectivity index (χ1v) is 14.8. The lowest BCUT2D eigenvalue weighted by atomic mass is 10.0. The van der Waals surface area contributed by atoms with Crippen molar-refractivity contribution in [2.45, 2.75) is 50.9 Å². The van der Waals surface area contributed by atoms with Gasteiger partial charge in [0.05, 0.1) is 19.2 Å². The van der Waals surface area contributed by atoms with E-state index in [4.69, 9.17) is 30.8 Å². The summed E-state index contributed by atoms with van der Waals surface area (Å²) in [6.07, 6.45) is 0.432. The summed E-state index contributed by atoms with van der Waals surface area (Å²) >= 11 is 7.03. The number of fused-ring (bicyclic) bond motifs is 2. The highest BCUT2D eigenvalue weighted by Crippen LogP contribution is 2.55. The lowest BCUT2D eigenvalue weighted by Crippen LogP contribution is -2.60. The van der Waals surface area contributed by atoms with Crippen molar-refractivity contribution in [2.24, 2.45) is 0 Å². The summed E-state index contributed by atoms with van der Waals surface area (Å²) in [5.74, 6) is -0.0630. The monoisotopic (exact) mass is 606 g/mol. The van der Waals surface area contributed by atoms with Crippen LogP contribution < -0.4 is 14.4 Å². The van der Waals surface area contributed by atoms with E-state index in [-0.39, 0.29) is 45.8 Å². The third kappa shape index (κ3) is 4.37. The van der Waals surface area contributed by atoms with E-state index in [9.17, 15) is 9.59 Å². The van der Waals surface area contributed by atoms with Gasteiger partial charge in [0.1, 0.15) is 45.1 Å². The molecule has 1 spiro atoms. The van der Waals surface area contributed by atoms with Crippen LogP contribution in [0.3, 0.4) is 0 Å². The minimum Gasteiger partial charge on any atom is -0.496 e. The second-order valence-corrected chi connectivity index (χ2v) is 12.8. The van der Waals surface area contributed by atoms with Crippen molar-refractivity contribution in [3.05, 3.63) is 64.4 Å². The number of halogens is 2. The Bertz CT molecular complexity index is 1680. The summed E-state index contributed by atoms with van der Waals surface area (Å²) in [6.45, 7) is 6.93. The van der Waals surface area contributed by atoms with Crippen molar-refractivity contribution in [1.29, 1.82) is 0 Å². The van der Waals surface area contributed by atoms with Gasteiger partial charge in [-0.25, -0.2) is 14.2 Å². The van der Waals surface area contributed by atoms with Gasteiger partial charge in [-0.2, -0.15) is 0 Å². The van der Waals surface area contributed by atoms with Crippen molar-refractivity contribution in [2.75, 3.05) is 38.2 Å². The molecular formula is C32H32ClFN4O5. The van der Waals surface area contributed by atoms with Crippen LogP contribution in [0.4, 0.5) is 20.7 Å². The Hall–Kier alpha value is -4.05. The van der Waals surface area contributed by atoms with Crippen LogP contribution in [-0.4, -0.2) is 77.3 Å². The van der Waals surface area contributed by atoms with E-state index in [1.165, 1.54) is 13.2 Å². The molecule has 224 valence electrons. The molecule has 2 unspecified atom stereocenters. The number of carbonyl (C=O) groups excluding carboxylic acids is 2. The van der Waals surface area contributed by atoms with Gasteiger partial charge in [-0.3, -0.25) is 4.79 Å². The molecule has 43 heavy (non-hydrogen) atoms. The smallest absolute Gasteiger partial charge is 0.410 e. The highest BCUT2D eigenvalue weighted by molar-refractivity contribution is 6.35. The third-order valence-electron chi connectivity index (χ3n) is 8.60. The van der Waals surface area contributed by atoms with Gasteiger partial charge in [0.2, 0.25) is 0 Å². The zero-order chi connectivity index (χ0) is 30.3. The quantitative estimate of drug-likeness (QED) is 0.370. The van der Waals surface area contributed by atoms with E-state index in [2.05, 4.69) is 0 Å². The summed E-state index contributed by atoms with van der Waals surface area (Å²) in [5.41, 5.74) is 1.11. The molecule has 2 atom stereocenters. The van der Waals surface area contributed by atoms with Gasteiger partial charge >= 0.3 is 6.09 Å². The molecule has 2 aromatic carbocycles. The minimum absolute atomic E-state index is 0.0360. The third-order valence-corrected chi connectivity index (χ3v) is 8.95. The molecule has 1 aromatic heterocycles. The molecule has 2 amide bonds. The number of aromatic nitrogens is 1. The minimum atomic E-state index is -0.732. The number of rotatable bonds is 3. The fourth-order valence-electron chi connectivity index (χ4n) is 6.52. The average Bonchev–Trinajstić information content (AvgIpc) is 3.47. The lowest BCUT2D eigenvalue weighted by molar-refractivity contribution is -0.00309. The zero-order valence-electron chi connectivity index (χ0n) is 24.4. The van der Waals surface area contributed by atoms with Crippen LogP contribution in [0.15, 0.2) is 42.5 Å². The van der Waals surface area contributed by atoms with Crippen molar-refractivity contribution < 1.29 is 28.2 Å². The maximum Gasteiger partial charge on any atom is 0.410 e. The van der Waals surface area contributed by atoms with E-state index in [0.29, 0.717) is 31.9 Å². The molecule has 1 saturated heterocycles.